The summed E-state index contributed by atoms with van der Waals surface area (Å²) in [4.78, 5) is 10.3. The van der Waals surface area contributed by atoms with Crippen LogP contribution in [0, 0.1) is 5.92 Å². The third-order valence-electron chi connectivity index (χ3n) is 4.09. The molecule has 0 unspecified atom stereocenters. The molecule has 0 aromatic rings. The first-order chi connectivity index (χ1) is 9.29. The minimum atomic E-state index is -0.659. The third kappa shape index (κ3) is 9.94. The van der Waals surface area contributed by atoms with Gasteiger partial charge in [0.15, 0.2) is 0 Å². The Morgan fingerprint density at radius 1 is 0.895 bits per heavy atom. The normalized spacial score (nSPS) is 16.6. The highest BCUT2D eigenvalue weighted by Crippen LogP contribution is 2.21. The molecular weight excluding hydrogens is 240 g/mol. The predicted octanol–water partition coefficient (Wildman–Crippen LogP) is 4.40. The quantitative estimate of drug-likeness (QED) is 0.566. The lowest BCUT2D eigenvalue weighted by Crippen LogP contribution is -2.15. The number of hydrogen-bond acceptors (Lipinski definition) is 2. The highest BCUT2D eigenvalue weighted by molar-refractivity contribution is 5.66. The first-order valence-electron chi connectivity index (χ1n) is 8.08. The monoisotopic (exact) mass is 270 g/mol. The van der Waals surface area contributed by atoms with Crippen molar-refractivity contribution in [3.05, 3.63) is 0 Å². The van der Waals surface area contributed by atoms with Crippen molar-refractivity contribution in [2.24, 2.45) is 5.92 Å². The SMILES string of the molecule is O=C(O)CCCCCCCCCCC1CCOCC1. The zero-order valence-electron chi connectivity index (χ0n) is 12.2. The summed E-state index contributed by atoms with van der Waals surface area (Å²) < 4.78 is 5.37. The molecule has 1 aliphatic heterocycles. The summed E-state index contributed by atoms with van der Waals surface area (Å²) in [7, 11) is 0. The first-order valence-corrected chi connectivity index (χ1v) is 8.08. The van der Waals surface area contributed by atoms with Crippen molar-refractivity contribution in [2.45, 2.75) is 77.0 Å². The molecule has 1 rings (SSSR count). The lowest BCUT2D eigenvalue weighted by atomic mass is 9.93. The molecule has 112 valence electrons. The van der Waals surface area contributed by atoms with Gasteiger partial charge in [-0.2, -0.15) is 0 Å². The van der Waals surface area contributed by atoms with E-state index in [1.165, 1.54) is 57.8 Å². The van der Waals surface area contributed by atoms with Gasteiger partial charge in [-0.15, -0.1) is 0 Å². The molecule has 0 spiro atoms. The predicted molar refractivity (Wildman–Crippen MR) is 77.3 cm³/mol. The van der Waals surface area contributed by atoms with E-state index < -0.39 is 5.97 Å². The van der Waals surface area contributed by atoms with Gasteiger partial charge in [0.25, 0.3) is 0 Å². The number of aliphatic carboxylic acids is 1. The van der Waals surface area contributed by atoms with Crippen molar-refractivity contribution < 1.29 is 14.6 Å². The van der Waals surface area contributed by atoms with Crippen LogP contribution in [-0.4, -0.2) is 24.3 Å². The van der Waals surface area contributed by atoms with Crippen LogP contribution in [0.1, 0.15) is 77.0 Å². The second kappa shape index (κ2) is 11.3. The summed E-state index contributed by atoms with van der Waals surface area (Å²) in [6.07, 6.45) is 14.1. The Hall–Kier alpha value is -0.570. The van der Waals surface area contributed by atoms with E-state index in [4.69, 9.17) is 9.84 Å². The Balaban J connectivity index is 1.74. The van der Waals surface area contributed by atoms with Crippen LogP contribution in [0.15, 0.2) is 0 Å². The minimum absolute atomic E-state index is 0.338. The minimum Gasteiger partial charge on any atom is -0.481 e. The van der Waals surface area contributed by atoms with E-state index in [0.717, 1.165) is 32.0 Å². The third-order valence-corrected chi connectivity index (χ3v) is 4.09. The Morgan fingerprint density at radius 3 is 2.00 bits per heavy atom. The van der Waals surface area contributed by atoms with Crippen LogP contribution in [0.3, 0.4) is 0 Å². The smallest absolute Gasteiger partial charge is 0.303 e. The number of carbonyl (C=O) groups is 1. The summed E-state index contributed by atoms with van der Waals surface area (Å²) in [5, 5.41) is 8.51. The second-order valence-electron chi connectivity index (χ2n) is 5.82. The maximum Gasteiger partial charge on any atom is 0.303 e. The van der Waals surface area contributed by atoms with Gasteiger partial charge >= 0.3 is 5.97 Å². The largest absolute Gasteiger partial charge is 0.481 e. The maximum atomic E-state index is 10.3. The van der Waals surface area contributed by atoms with Crippen molar-refractivity contribution in [1.29, 1.82) is 0 Å². The van der Waals surface area contributed by atoms with E-state index >= 15 is 0 Å². The van der Waals surface area contributed by atoms with Crippen molar-refractivity contribution in [2.75, 3.05) is 13.2 Å². The summed E-state index contributed by atoms with van der Waals surface area (Å²) >= 11 is 0. The van der Waals surface area contributed by atoms with Crippen LogP contribution in [0.2, 0.25) is 0 Å². The molecule has 0 bridgehead atoms. The van der Waals surface area contributed by atoms with E-state index in [0.29, 0.717) is 6.42 Å². The van der Waals surface area contributed by atoms with Gasteiger partial charge in [0.2, 0.25) is 0 Å². The molecule has 3 nitrogen and oxygen atoms in total. The molecule has 1 N–H and O–H groups in total. The summed E-state index contributed by atoms with van der Waals surface area (Å²) in [6, 6.07) is 0. The Kier molecular flexibility index (Phi) is 9.78. The number of carboxylic acid groups (broad SMARTS) is 1. The van der Waals surface area contributed by atoms with Crippen molar-refractivity contribution in [3.8, 4) is 0 Å². The average molecular weight is 270 g/mol. The van der Waals surface area contributed by atoms with Crippen LogP contribution in [0.5, 0.6) is 0 Å². The lowest BCUT2D eigenvalue weighted by Gasteiger charge is -2.21. The van der Waals surface area contributed by atoms with E-state index in [9.17, 15) is 4.79 Å². The summed E-state index contributed by atoms with van der Waals surface area (Å²) in [5.41, 5.74) is 0. The molecule has 1 heterocycles. The Morgan fingerprint density at radius 2 is 1.42 bits per heavy atom. The first kappa shape index (κ1) is 16.5. The Labute approximate surface area is 117 Å². The summed E-state index contributed by atoms with van der Waals surface area (Å²) in [6.45, 7) is 1.95. The van der Waals surface area contributed by atoms with E-state index in [-0.39, 0.29) is 0 Å². The van der Waals surface area contributed by atoms with Crippen molar-refractivity contribution in [3.63, 3.8) is 0 Å². The molecule has 0 atom stereocenters. The van der Waals surface area contributed by atoms with Gasteiger partial charge in [0.1, 0.15) is 0 Å². The van der Waals surface area contributed by atoms with Crippen LogP contribution in [0.4, 0.5) is 0 Å². The highest BCUT2D eigenvalue weighted by atomic mass is 16.5. The molecule has 1 fully saturated rings. The van der Waals surface area contributed by atoms with Crippen LogP contribution in [0.25, 0.3) is 0 Å². The Bertz CT molecular complexity index is 222. The molecule has 0 amide bonds. The van der Waals surface area contributed by atoms with Gasteiger partial charge in [-0.1, -0.05) is 51.4 Å². The van der Waals surface area contributed by atoms with Gasteiger partial charge in [-0.3, -0.25) is 4.79 Å². The topological polar surface area (TPSA) is 46.5 Å². The fourth-order valence-electron chi connectivity index (χ4n) is 2.80. The molecule has 1 aliphatic rings. The fraction of sp³-hybridized carbons (Fsp3) is 0.938. The summed E-state index contributed by atoms with van der Waals surface area (Å²) in [5.74, 6) is 0.262. The molecule has 0 aliphatic carbocycles. The van der Waals surface area contributed by atoms with Gasteiger partial charge in [0, 0.05) is 19.6 Å². The van der Waals surface area contributed by atoms with Crippen molar-refractivity contribution in [1.82, 2.24) is 0 Å². The lowest BCUT2D eigenvalue weighted by molar-refractivity contribution is -0.137. The van der Waals surface area contributed by atoms with E-state index in [1.807, 2.05) is 0 Å². The number of carboxylic acids is 1. The van der Waals surface area contributed by atoms with Crippen LogP contribution in [-0.2, 0) is 9.53 Å². The van der Waals surface area contributed by atoms with E-state index in [1.54, 1.807) is 0 Å². The number of rotatable bonds is 11. The maximum absolute atomic E-state index is 10.3. The van der Waals surface area contributed by atoms with Crippen LogP contribution < -0.4 is 0 Å². The standard InChI is InChI=1S/C16H30O3/c17-16(18)10-8-6-4-2-1-3-5-7-9-15-11-13-19-14-12-15/h15H,1-14H2,(H,17,18). The fourth-order valence-corrected chi connectivity index (χ4v) is 2.80. The molecule has 0 radical (unpaired) electrons. The van der Waals surface area contributed by atoms with Gasteiger partial charge in [0.05, 0.1) is 0 Å². The zero-order valence-corrected chi connectivity index (χ0v) is 12.2. The van der Waals surface area contributed by atoms with Crippen LogP contribution >= 0.6 is 0 Å². The molecule has 3 heteroatoms. The molecule has 0 aromatic carbocycles. The number of unbranched alkanes of at least 4 members (excludes halogenated alkanes) is 7. The molecule has 0 saturated carbocycles. The average Bonchev–Trinajstić information content (AvgIpc) is 2.42. The van der Waals surface area contributed by atoms with Gasteiger partial charge < -0.3 is 9.84 Å². The van der Waals surface area contributed by atoms with Gasteiger partial charge in [-0.25, -0.2) is 0 Å². The number of hydrogen-bond donors (Lipinski definition) is 1. The molecule has 0 aromatic heterocycles. The van der Waals surface area contributed by atoms with Gasteiger partial charge in [-0.05, 0) is 25.2 Å². The van der Waals surface area contributed by atoms with Crippen molar-refractivity contribution >= 4 is 5.97 Å². The molecular formula is C16H30O3. The second-order valence-corrected chi connectivity index (χ2v) is 5.82. The van der Waals surface area contributed by atoms with E-state index in [2.05, 4.69) is 0 Å². The number of ether oxygens (including phenoxy) is 1. The molecule has 19 heavy (non-hydrogen) atoms. The zero-order chi connectivity index (χ0) is 13.8. The molecule has 1 saturated heterocycles. The highest BCUT2D eigenvalue weighted by Gasteiger charge is 2.12.